The van der Waals surface area contributed by atoms with Crippen molar-refractivity contribution in [3.8, 4) is 0 Å². The van der Waals surface area contributed by atoms with E-state index in [1.807, 2.05) is 152 Å². The van der Waals surface area contributed by atoms with Gasteiger partial charge in [0.05, 0.1) is 41.7 Å². The first kappa shape index (κ1) is 64.7. The van der Waals surface area contributed by atoms with Crippen LogP contribution in [0.25, 0.3) is 0 Å². The SMILES string of the molecule is COC(=O)CN[C@@H](C(=O)NC(=O)[C@@H](CSC(c1ccccc1)(c1ccccc1)c1ccccc1)NC(=O)[C@@H](CCCCNC(=O)OC(C)(C)C)NC(=O)C[C@H](O)C=CCCSC(c1ccccc1)(c1ccccc1)c1ccccc1)C(C)C. The summed E-state index contributed by atoms with van der Waals surface area (Å²) in [5.41, 5.74) is 5.36. The molecule has 0 aliphatic carbocycles. The molecule has 0 saturated heterocycles. The Morgan fingerprint density at radius 3 is 1.45 bits per heavy atom. The first-order chi connectivity index (χ1) is 40.0. The highest BCUT2D eigenvalue weighted by Crippen LogP contribution is 2.50. The molecule has 4 atom stereocenters. The molecule has 0 fully saturated rings. The molecule has 6 N–H and O–H groups in total. The standard InChI is InChI=1S/C67H79N5O9S2/c1-48(2)60(69-46-59(75)80-6)63(78)72-62(77)57(47-83-67(52-35-19-10-20-36-52,53-37-21-11-22-38-53)54-39-23-12-24-40-54)71-61(76)56(42-25-27-43-68-64(79)81-65(3,4)5)70-58(74)45-55(73)41-26-28-44-82-66(49-29-13-7-14-30-49,50-31-15-8-16-32-50)51-33-17-9-18-34-51/h7-24,26,29-41,48,55-57,60,69,73H,25,27-28,42-47H2,1-6H3,(H,68,79)(H,70,74)(H,71,76)(H,72,77,78)/t55-,56-,57-,60-/m1/s1. The third-order valence-electron chi connectivity index (χ3n) is 13.7. The number of aliphatic hydroxyl groups is 1. The number of thioether (sulfide) groups is 2. The van der Waals surface area contributed by atoms with Crippen LogP contribution in [0.3, 0.4) is 0 Å². The molecule has 0 unspecified atom stereocenters. The number of carbonyl (C=O) groups is 6. The van der Waals surface area contributed by atoms with Crippen molar-refractivity contribution in [2.75, 3.05) is 31.7 Å². The number of aliphatic hydroxyl groups excluding tert-OH is 1. The number of allylic oxidation sites excluding steroid dienone is 1. The van der Waals surface area contributed by atoms with Crippen LogP contribution in [0.1, 0.15) is 100 Å². The number of carbonyl (C=O) groups excluding carboxylic acids is 6. The Morgan fingerprint density at radius 2 is 1.02 bits per heavy atom. The lowest BCUT2D eigenvalue weighted by molar-refractivity contribution is -0.140. The monoisotopic (exact) mass is 1160 g/mol. The van der Waals surface area contributed by atoms with Gasteiger partial charge in [-0.3, -0.25) is 34.6 Å². The molecular weight excluding hydrogens is 1080 g/mol. The molecule has 16 heteroatoms. The van der Waals surface area contributed by atoms with E-state index in [4.69, 9.17) is 9.47 Å². The van der Waals surface area contributed by atoms with Gasteiger partial charge in [0.15, 0.2) is 0 Å². The molecule has 0 aliphatic rings. The van der Waals surface area contributed by atoms with E-state index in [0.717, 1.165) is 33.4 Å². The number of ether oxygens (including phenoxy) is 2. The van der Waals surface area contributed by atoms with Crippen molar-refractivity contribution < 1.29 is 43.3 Å². The summed E-state index contributed by atoms with van der Waals surface area (Å²) in [6.07, 6.45) is 2.68. The largest absolute Gasteiger partial charge is 0.468 e. The number of benzene rings is 6. The molecule has 14 nitrogen and oxygen atoms in total. The molecule has 0 bridgehead atoms. The zero-order chi connectivity index (χ0) is 59.7. The van der Waals surface area contributed by atoms with Crippen LogP contribution in [-0.4, -0.2) is 102 Å². The topological polar surface area (TPSA) is 201 Å². The minimum atomic E-state index is -1.37. The molecule has 0 saturated carbocycles. The molecular formula is C67H79N5O9S2. The summed E-state index contributed by atoms with van der Waals surface area (Å²) in [4.78, 5) is 82.3. The predicted molar refractivity (Wildman–Crippen MR) is 331 cm³/mol. The van der Waals surface area contributed by atoms with Gasteiger partial charge in [0.25, 0.3) is 0 Å². The van der Waals surface area contributed by atoms with E-state index in [1.54, 1.807) is 52.5 Å². The van der Waals surface area contributed by atoms with Crippen LogP contribution in [0, 0.1) is 5.92 Å². The summed E-state index contributed by atoms with van der Waals surface area (Å²) >= 11 is 3.18. The highest BCUT2D eigenvalue weighted by atomic mass is 32.2. The third kappa shape index (κ3) is 19.0. The van der Waals surface area contributed by atoms with Gasteiger partial charge in [-0.05, 0) is 91.5 Å². The van der Waals surface area contributed by atoms with Gasteiger partial charge in [-0.2, -0.15) is 0 Å². The lowest BCUT2D eigenvalue weighted by Crippen LogP contribution is -2.58. The Balaban J connectivity index is 1.24. The third-order valence-corrected chi connectivity index (χ3v) is 16.9. The molecule has 0 spiro atoms. The number of imide groups is 1. The number of methoxy groups -OCH3 is 1. The van der Waals surface area contributed by atoms with E-state index < -0.39 is 75.0 Å². The van der Waals surface area contributed by atoms with Crippen molar-refractivity contribution >= 4 is 59.2 Å². The van der Waals surface area contributed by atoms with Crippen LogP contribution in [0.15, 0.2) is 194 Å². The van der Waals surface area contributed by atoms with Crippen molar-refractivity contribution in [1.82, 2.24) is 26.6 Å². The van der Waals surface area contributed by atoms with Gasteiger partial charge in [0, 0.05) is 12.3 Å². The van der Waals surface area contributed by atoms with Crippen LogP contribution < -0.4 is 26.6 Å². The Morgan fingerprint density at radius 1 is 0.578 bits per heavy atom. The van der Waals surface area contributed by atoms with E-state index in [1.165, 1.54) is 18.9 Å². The molecule has 0 radical (unpaired) electrons. The molecule has 6 aromatic carbocycles. The Bertz CT molecular complexity index is 2810. The summed E-state index contributed by atoms with van der Waals surface area (Å²) in [5, 5.41) is 25.2. The van der Waals surface area contributed by atoms with Crippen molar-refractivity contribution in [2.45, 2.75) is 106 Å². The smallest absolute Gasteiger partial charge is 0.407 e. The minimum Gasteiger partial charge on any atom is -0.468 e. The highest BCUT2D eigenvalue weighted by Gasteiger charge is 2.40. The van der Waals surface area contributed by atoms with Gasteiger partial charge in [0.1, 0.15) is 17.7 Å². The zero-order valence-electron chi connectivity index (χ0n) is 48.3. The Kier molecular flexibility index (Phi) is 25.2. The summed E-state index contributed by atoms with van der Waals surface area (Å²) in [7, 11) is 1.23. The van der Waals surface area contributed by atoms with Crippen LogP contribution in [0.2, 0.25) is 0 Å². The second kappa shape index (κ2) is 32.4. The first-order valence-electron chi connectivity index (χ1n) is 28.1. The fraction of sp³-hybridized carbons (Fsp3) is 0.343. The summed E-state index contributed by atoms with van der Waals surface area (Å²) in [5.74, 6) is -3.23. The number of nitrogens with one attached hydrogen (secondary N) is 5. The van der Waals surface area contributed by atoms with Gasteiger partial charge in [-0.15, -0.1) is 23.5 Å². The lowest BCUT2D eigenvalue weighted by atomic mass is 9.84. The number of amides is 5. The maximum Gasteiger partial charge on any atom is 0.407 e. The fourth-order valence-electron chi connectivity index (χ4n) is 9.68. The molecule has 6 aromatic rings. The molecule has 0 aromatic heterocycles. The van der Waals surface area contributed by atoms with Gasteiger partial charge >= 0.3 is 12.1 Å². The number of hydrogen-bond donors (Lipinski definition) is 6. The second-order valence-electron chi connectivity index (χ2n) is 21.3. The van der Waals surface area contributed by atoms with Crippen LogP contribution in [0.5, 0.6) is 0 Å². The second-order valence-corrected chi connectivity index (χ2v) is 23.9. The molecule has 0 heterocycles. The van der Waals surface area contributed by atoms with Crippen LogP contribution in [-0.2, 0) is 42.9 Å². The van der Waals surface area contributed by atoms with Gasteiger partial charge in [0.2, 0.25) is 23.6 Å². The van der Waals surface area contributed by atoms with Crippen molar-refractivity contribution in [3.63, 3.8) is 0 Å². The maximum atomic E-state index is 14.9. The molecule has 6 rings (SSSR count). The summed E-state index contributed by atoms with van der Waals surface area (Å²) < 4.78 is 8.72. The number of rotatable bonds is 30. The summed E-state index contributed by atoms with van der Waals surface area (Å²) in [6.45, 7) is 8.74. The average Bonchev–Trinajstić information content (AvgIpc) is 3.01. The number of alkyl carbamates (subject to hydrolysis) is 1. The summed E-state index contributed by atoms with van der Waals surface area (Å²) in [6, 6.07) is 56.9. The highest BCUT2D eigenvalue weighted by molar-refractivity contribution is 8.00. The van der Waals surface area contributed by atoms with E-state index in [9.17, 15) is 33.9 Å². The van der Waals surface area contributed by atoms with Gasteiger partial charge in [-0.1, -0.05) is 208 Å². The van der Waals surface area contributed by atoms with E-state index in [-0.39, 0.29) is 37.6 Å². The molecule has 0 aliphatic heterocycles. The Labute approximate surface area is 497 Å². The van der Waals surface area contributed by atoms with Crippen molar-refractivity contribution in [3.05, 3.63) is 228 Å². The predicted octanol–water partition coefficient (Wildman–Crippen LogP) is 10.2. The zero-order valence-corrected chi connectivity index (χ0v) is 49.9. The molecule has 5 amide bonds. The van der Waals surface area contributed by atoms with E-state index in [2.05, 4.69) is 63.0 Å². The van der Waals surface area contributed by atoms with E-state index >= 15 is 0 Å². The Hall–Kier alpha value is -7.50. The average molecular weight is 1160 g/mol. The molecule has 438 valence electrons. The molecule has 83 heavy (non-hydrogen) atoms. The minimum absolute atomic E-state index is 0.0725. The van der Waals surface area contributed by atoms with Crippen LogP contribution in [0.4, 0.5) is 4.79 Å². The van der Waals surface area contributed by atoms with Crippen LogP contribution >= 0.6 is 23.5 Å². The van der Waals surface area contributed by atoms with E-state index in [0.29, 0.717) is 25.0 Å². The van der Waals surface area contributed by atoms with Crippen molar-refractivity contribution in [1.29, 1.82) is 0 Å². The quantitative estimate of drug-likeness (QED) is 0.0108. The first-order valence-corrected chi connectivity index (χ1v) is 30.1. The van der Waals surface area contributed by atoms with Crippen molar-refractivity contribution in [2.24, 2.45) is 5.92 Å². The normalized spacial score (nSPS) is 13.3. The fourth-order valence-corrected chi connectivity index (χ4v) is 12.7. The lowest BCUT2D eigenvalue weighted by Gasteiger charge is -2.36. The number of hydrogen-bond acceptors (Lipinski definition) is 12. The number of esters is 1. The van der Waals surface area contributed by atoms with Gasteiger partial charge < -0.3 is 30.5 Å². The maximum absolute atomic E-state index is 14.9. The number of unbranched alkanes of at least 4 members (excludes halogenated alkanes) is 1. The van der Waals surface area contributed by atoms with Gasteiger partial charge in [-0.25, -0.2) is 4.79 Å².